The van der Waals surface area contributed by atoms with Crippen LogP contribution in [0.2, 0.25) is 0 Å². The third kappa shape index (κ3) is 6.03. The molecule has 0 aliphatic heterocycles. The lowest BCUT2D eigenvalue weighted by Gasteiger charge is -2.32. The first-order valence-electron chi connectivity index (χ1n) is 6.58. The Morgan fingerprint density at radius 1 is 1.24 bits per heavy atom. The fourth-order valence-corrected chi connectivity index (χ4v) is 2.21. The van der Waals surface area contributed by atoms with Gasteiger partial charge < -0.3 is 15.2 Å². The van der Waals surface area contributed by atoms with Crippen LogP contribution in [0.3, 0.4) is 0 Å². The van der Waals surface area contributed by atoms with E-state index in [2.05, 4.69) is 0 Å². The van der Waals surface area contributed by atoms with E-state index in [1.54, 1.807) is 0 Å². The van der Waals surface area contributed by atoms with Crippen LogP contribution in [0.1, 0.15) is 52.4 Å². The number of rotatable bonds is 6. The van der Waals surface area contributed by atoms with Gasteiger partial charge in [-0.15, -0.1) is 0 Å². The van der Waals surface area contributed by atoms with Gasteiger partial charge in [0, 0.05) is 5.54 Å². The predicted octanol–water partition coefficient (Wildman–Crippen LogP) is 2.01. The van der Waals surface area contributed by atoms with E-state index in [0.29, 0.717) is 19.6 Å². The number of ether oxygens (including phenoxy) is 2. The van der Waals surface area contributed by atoms with Gasteiger partial charge in [-0.25, -0.2) is 0 Å². The number of carbonyl (C=O) groups excluding carboxylic acids is 1. The first-order valence-corrected chi connectivity index (χ1v) is 6.58. The molecule has 0 saturated heterocycles. The molecule has 1 rings (SSSR count). The van der Waals surface area contributed by atoms with E-state index in [9.17, 15) is 4.79 Å². The fraction of sp³-hybridized carbons (Fsp3) is 0.923. The minimum atomic E-state index is -0.325. The molecular weight excluding hydrogens is 218 g/mol. The number of nitrogens with two attached hydrogens (primary N) is 1. The Hall–Kier alpha value is -0.610. The number of carbonyl (C=O) groups is 1. The molecule has 0 spiro atoms. The molecule has 0 heterocycles. The van der Waals surface area contributed by atoms with Crippen LogP contribution < -0.4 is 5.73 Å². The second kappa shape index (κ2) is 6.97. The molecule has 1 fully saturated rings. The average molecular weight is 243 g/mol. The maximum atomic E-state index is 11.6. The van der Waals surface area contributed by atoms with Crippen molar-refractivity contribution in [2.45, 2.75) is 64.0 Å². The summed E-state index contributed by atoms with van der Waals surface area (Å²) >= 11 is 0. The molecule has 2 N–H and O–H groups in total. The normalized spacial score (nSPS) is 19.3. The Labute approximate surface area is 104 Å². The van der Waals surface area contributed by atoms with Gasteiger partial charge in [-0.2, -0.15) is 0 Å². The van der Waals surface area contributed by atoms with Crippen molar-refractivity contribution < 1.29 is 14.3 Å². The van der Waals surface area contributed by atoms with Crippen molar-refractivity contribution in [2.24, 2.45) is 5.73 Å². The van der Waals surface area contributed by atoms with E-state index in [1.807, 2.05) is 13.8 Å². The molecule has 4 heteroatoms. The van der Waals surface area contributed by atoms with Crippen molar-refractivity contribution in [3.8, 4) is 0 Å². The monoisotopic (exact) mass is 243 g/mol. The van der Waals surface area contributed by atoms with Crippen molar-refractivity contribution in [1.29, 1.82) is 0 Å². The van der Waals surface area contributed by atoms with Gasteiger partial charge in [-0.1, -0.05) is 19.3 Å². The Morgan fingerprint density at radius 2 is 1.88 bits per heavy atom. The zero-order chi connectivity index (χ0) is 12.7. The summed E-state index contributed by atoms with van der Waals surface area (Å²) in [6, 6.07) is 0. The fourth-order valence-electron chi connectivity index (χ4n) is 2.21. The maximum absolute atomic E-state index is 11.6. The predicted molar refractivity (Wildman–Crippen MR) is 66.7 cm³/mol. The summed E-state index contributed by atoms with van der Waals surface area (Å²) in [5.41, 5.74) is 5.86. The Balaban J connectivity index is 2.15. The quantitative estimate of drug-likeness (QED) is 0.572. The molecule has 0 atom stereocenters. The molecule has 0 bridgehead atoms. The highest BCUT2D eigenvalue weighted by molar-refractivity contribution is 5.70. The Kier molecular flexibility index (Phi) is 5.92. The molecule has 1 aliphatic carbocycles. The molecule has 1 saturated carbocycles. The molecule has 0 aromatic rings. The first kappa shape index (κ1) is 14.5. The lowest BCUT2D eigenvalue weighted by Crippen LogP contribution is -2.44. The van der Waals surface area contributed by atoms with Crippen LogP contribution in [0.5, 0.6) is 0 Å². The topological polar surface area (TPSA) is 61.5 Å². The lowest BCUT2D eigenvalue weighted by atomic mass is 9.80. The van der Waals surface area contributed by atoms with E-state index in [-0.39, 0.29) is 17.6 Å². The number of esters is 1. The van der Waals surface area contributed by atoms with Gasteiger partial charge in [0.1, 0.15) is 6.61 Å². The molecule has 4 nitrogen and oxygen atoms in total. The summed E-state index contributed by atoms with van der Waals surface area (Å²) in [6.45, 7) is 4.70. The van der Waals surface area contributed by atoms with E-state index in [1.165, 1.54) is 6.42 Å². The van der Waals surface area contributed by atoms with Crippen molar-refractivity contribution in [3.63, 3.8) is 0 Å². The molecule has 1 aliphatic rings. The van der Waals surface area contributed by atoms with Gasteiger partial charge in [-0.05, 0) is 26.7 Å². The molecule has 17 heavy (non-hydrogen) atoms. The summed E-state index contributed by atoms with van der Waals surface area (Å²) in [7, 11) is 0. The standard InChI is InChI=1S/C13H25NO3/c1-11(2)16-8-9-17-12(15)10-13(14)6-4-3-5-7-13/h11H,3-10,14H2,1-2H3. The van der Waals surface area contributed by atoms with Crippen molar-refractivity contribution in [1.82, 2.24) is 0 Å². The zero-order valence-corrected chi connectivity index (χ0v) is 11.0. The summed E-state index contributed by atoms with van der Waals surface area (Å²) in [6.07, 6.45) is 5.87. The minimum Gasteiger partial charge on any atom is -0.463 e. The highest BCUT2D eigenvalue weighted by Crippen LogP contribution is 2.28. The average Bonchev–Trinajstić information content (AvgIpc) is 2.24. The molecule has 0 amide bonds. The molecule has 100 valence electrons. The lowest BCUT2D eigenvalue weighted by molar-refractivity contribution is -0.147. The molecule has 0 radical (unpaired) electrons. The van der Waals surface area contributed by atoms with Crippen LogP contribution in [0.4, 0.5) is 0 Å². The van der Waals surface area contributed by atoms with Crippen LogP contribution in [0.15, 0.2) is 0 Å². The molecular formula is C13H25NO3. The van der Waals surface area contributed by atoms with E-state index < -0.39 is 0 Å². The Morgan fingerprint density at radius 3 is 2.47 bits per heavy atom. The van der Waals surface area contributed by atoms with Gasteiger partial charge in [-0.3, -0.25) is 4.79 Å². The second-order valence-electron chi connectivity index (χ2n) is 5.24. The smallest absolute Gasteiger partial charge is 0.307 e. The van der Waals surface area contributed by atoms with Crippen molar-refractivity contribution in [3.05, 3.63) is 0 Å². The second-order valence-corrected chi connectivity index (χ2v) is 5.24. The maximum Gasteiger partial charge on any atom is 0.307 e. The SMILES string of the molecule is CC(C)OCCOC(=O)CC1(N)CCCCC1. The third-order valence-electron chi connectivity index (χ3n) is 3.14. The largest absolute Gasteiger partial charge is 0.463 e. The van der Waals surface area contributed by atoms with E-state index in [0.717, 1.165) is 25.7 Å². The van der Waals surface area contributed by atoms with Crippen LogP contribution in [-0.4, -0.2) is 30.8 Å². The summed E-state index contributed by atoms with van der Waals surface area (Å²) < 4.78 is 10.4. The van der Waals surface area contributed by atoms with Crippen molar-refractivity contribution >= 4 is 5.97 Å². The van der Waals surface area contributed by atoms with Gasteiger partial charge >= 0.3 is 5.97 Å². The number of hydrogen-bond acceptors (Lipinski definition) is 4. The van der Waals surface area contributed by atoms with Gasteiger partial charge in [0.2, 0.25) is 0 Å². The van der Waals surface area contributed by atoms with E-state index >= 15 is 0 Å². The van der Waals surface area contributed by atoms with Gasteiger partial charge in [0.05, 0.1) is 19.1 Å². The highest BCUT2D eigenvalue weighted by Gasteiger charge is 2.30. The van der Waals surface area contributed by atoms with E-state index in [4.69, 9.17) is 15.2 Å². The van der Waals surface area contributed by atoms with Crippen LogP contribution in [0.25, 0.3) is 0 Å². The zero-order valence-electron chi connectivity index (χ0n) is 11.0. The minimum absolute atomic E-state index is 0.174. The van der Waals surface area contributed by atoms with Crippen LogP contribution >= 0.6 is 0 Å². The molecule has 0 aromatic carbocycles. The van der Waals surface area contributed by atoms with Gasteiger partial charge in [0.15, 0.2) is 0 Å². The van der Waals surface area contributed by atoms with Crippen LogP contribution in [0, 0.1) is 0 Å². The summed E-state index contributed by atoms with van der Waals surface area (Å²) in [5.74, 6) is -0.193. The number of hydrogen-bond donors (Lipinski definition) is 1. The van der Waals surface area contributed by atoms with Crippen molar-refractivity contribution in [2.75, 3.05) is 13.2 Å². The highest BCUT2D eigenvalue weighted by atomic mass is 16.6. The van der Waals surface area contributed by atoms with Gasteiger partial charge in [0.25, 0.3) is 0 Å². The third-order valence-corrected chi connectivity index (χ3v) is 3.14. The summed E-state index contributed by atoms with van der Waals surface area (Å²) in [5, 5.41) is 0. The van der Waals surface area contributed by atoms with Crippen LogP contribution in [-0.2, 0) is 14.3 Å². The first-order chi connectivity index (χ1) is 8.02. The Bertz CT molecular complexity index is 235. The summed E-state index contributed by atoms with van der Waals surface area (Å²) in [4.78, 5) is 11.6. The molecule has 0 aromatic heterocycles. The molecule has 0 unspecified atom stereocenters.